The van der Waals surface area contributed by atoms with Gasteiger partial charge in [-0.1, -0.05) is 5.21 Å². The van der Waals surface area contributed by atoms with E-state index < -0.39 is 0 Å². The van der Waals surface area contributed by atoms with Gasteiger partial charge >= 0.3 is 0 Å². The van der Waals surface area contributed by atoms with E-state index in [2.05, 4.69) is 15.3 Å². The van der Waals surface area contributed by atoms with Gasteiger partial charge < -0.3 is 9.64 Å². The first-order chi connectivity index (χ1) is 11.2. The summed E-state index contributed by atoms with van der Waals surface area (Å²) >= 11 is 1.62. The van der Waals surface area contributed by atoms with E-state index in [1.165, 1.54) is 4.88 Å². The molecule has 2 aromatic rings. The molecule has 4 rings (SSSR count). The SMILES string of the molecule is Cc1ncsc1CCC(=O)N1CCC2OCc3cnnn3C2C1. The van der Waals surface area contributed by atoms with Gasteiger partial charge in [-0.2, -0.15) is 0 Å². The van der Waals surface area contributed by atoms with Crippen LogP contribution in [-0.4, -0.2) is 50.0 Å². The molecule has 2 aromatic heterocycles. The predicted molar refractivity (Wildman–Crippen MR) is 84.0 cm³/mol. The second-order valence-electron chi connectivity index (χ2n) is 6.08. The Morgan fingerprint density at radius 1 is 1.52 bits per heavy atom. The lowest BCUT2D eigenvalue weighted by Crippen LogP contribution is -2.49. The summed E-state index contributed by atoms with van der Waals surface area (Å²) in [7, 11) is 0. The molecule has 122 valence electrons. The van der Waals surface area contributed by atoms with Gasteiger partial charge in [0.25, 0.3) is 0 Å². The Balaban J connectivity index is 1.41. The van der Waals surface area contributed by atoms with Crippen LogP contribution in [0.2, 0.25) is 0 Å². The quantitative estimate of drug-likeness (QED) is 0.848. The smallest absolute Gasteiger partial charge is 0.223 e. The average Bonchev–Trinajstić information content (AvgIpc) is 3.20. The van der Waals surface area contributed by atoms with Crippen molar-refractivity contribution in [2.75, 3.05) is 13.1 Å². The fraction of sp³-hybridized carbons (Fsp3) is 0.600. The van der Waals surface area contributed by atoms with E-state index >= 15 is 0 Å². The molecule has 8 heteroatoms. The number of aryl methyl sites for hydroxylation is 2. The molecule has 0 spiro atoms. The van der Waals surface area contributed by atoms with E-state index in [-0.39, 0.29) is 18.1 Å². The van der Waals surface area contributed by atoms with Crippen molar-refractivity contribution < 1.29 is 9.53 Å². The molecular formula is C15H19N5O2S. The van der Waals surface area contributed by atoms with Crippen molar-refractivity contribution in [2.45, 2.75) is 44.9 Å². The number of amides is 1. The predicted octanol–water partition coefficient (Wildman–Crippen LogP) is 1.35. The molecule has 2 atom stereocenters. The Morgan fingerprint density at radius 3 is 3.26 bits per heavy atom. The van der Waals surface area contributed by atoms with Crippen molar-refractivity contribution in [2.24, 2.45) is 0 Å². The zero-order valence-electron chi connectivity index (χ0n) is 13.0. The second-order valence-corrected chi connectivity index (χ2v) is 7.02. The highest BCUT2D eigenvalue weighted by molar-refractivity contribution is 7.09. The van der Waals surface area contributed by atoms with E-state index in [0.29, 0.717) is 19.6 Å². The zero-order valence-corrected chi connectivity index (χ0v) is 13.8. The number of hydrogen-bond acceptors (Lipinski definition) is 6. The molecule has 7 nitrogen and oxygen atoms in total. The lowest BCUT2D eigenvalue weighted by molar-refractivity contribution is -0.138. The first kappa shape index (κ1) is 14.8. The van der Waals surface area contributed by atoms with Crippen molar-refractivity contribution in [1.29, 1.82) is 0 Å². The minimum Gasteiger partial charge on any atom is -0.370 e. The number of piperidine rings is 1. The maximum absolute atomic E-state index is 12.6. The summed E-state index contributed by atoms with van der Waals surface area (Å²) in [4.78, 5) is 19.9. The third-order valence-corrected chi connectivity index (χ3v) is 5.69. The third-order valence-electron chi connectivity index (χ3n) is 4.69. The Bertz CT molecular complexity index is 712. The normalized spacial score (nSPS) is 23.4. The van der Waals surface area contributed by atoms with Crippen LogP contribution in [0.3, 0.4) is 0 Å². The molecular weight excluding hydrogens is 314 g/mol. The van der Waals surface area contributed by atoms with Crippen LogP contribution in [0.15, 0.2) is 11.7 Å². The number of carbonyl (C=O) groups is 1. The minimum atomic E-state index is 0.0871. The molecule has 0 saturated carbocycles. The molecule has 0 aromatic carbocycles. The maximum Gasteiger partial charge on any atom is 0.223 e. The summed E-state index contributed by atoms with van der Waals surface area (Å²) in [5, 5.41) is 8.14. The summed E-state index contributed by atoms with van der Waals surface area (Å²) < 4.78 is 7.82. The highest BCUT2D eigenvalue weighted by Crippen LogP contribution is 2.30. The fourth-order valence-electron chi connectivity index (χ4n) is 3.35. The van der Waals surface area contributed by atoms with Gasteiger partial charge in [-0.05, 0) is 19.8 Å². The number of aromatic nitrogens is 4. The van der Waals surface area contributed by atoms with Crippen LogP contribution >= 0.6 is 11.3 Å². The zero-order chi connectivity index (χ0) is 15.8. The third kappa shape index (κ3) is 2.76. The molecule has 2 aliphatic rings. The van der Waals surface area contributed by atoms with E-state index in [1.807, 2.05) is 22.0 Å². The van der Waals surface area contributed by atoms with Gasteiger partial charge in [-0.25, -0.2) is 9.67 Å². The maximum atomic E-state index is 12.6. The van der Waals surface area contributed by atoms with Gasteiger partial charge in [-0.3, -0.25) is 4.79 Å². The van der Waals surface area contributed by atoms with E-state index in [9.17, 15) is 4.79 Å². The largest absolute Gasteiger partial charge is 0.370 e. The molecule has 0 N–H and O–H groups in total. The van der Waals surface area contributed by atoms with Gasteiger partial charge in [-0.15, -0.1) is 16.4 Å². The van der Waals surface area contributed by atoms with Gasteiger partial charge in [0.05, 0.1) is 41.8 Å². The van der Waals surface area contributed by atoms with Crippen LogP contribution in [0, 0.1) is 6.92 Å². The summed E-state index contributed by atoms with van der Waals surface area (Å²) in [6.07, 6.45) is 4.03. The monoisotopic (exact) mass is 333 g/mol. The summed E-state index contributed by atoms with van der Waals surface area (Å²) in [6, 6.07) is 0.0871. The molecule has 4 heterocycles. The van der Waals surface area contributed by atoms with Gasteiger partial charge in [0.2, 0.25) is 5.91 Å². The van der Waals surface area contributed by atoms with Crippen molar-refractivity contribution >= 4 is 17.2 Å². The van der Waals surface area contributed by atoms with Crippen LogP contribution in [0.5, 0.6) is 0 Å². The molecule has 23 heavy (non-hydrogen) atoms. The van der Waals surface area contributed by atoms with E-state index in [1.54, 1.807) is 17.5 Å². The summed E-state index contributed by atoms with van der Waals surface area (Å²) in [5.74, 6) is 0.198. The molecule has 0 radical (unpaired) electrons. The standard InChI is InChI=1S/C15H19N5O2S/c1-10-14(23-9-16-10)2-3-15(21)19-5-4-13-12(7-19)20-11(8-22-13)6-17-18-20/h6,9,12-13H,2-5,7-8H2,1H3. The fourth-order valence-corrected chi connectivity index (χ4v) is 4.13. The van der Waals surface area contributed by atoms with Crippen LogP contribution < -0.4 is 0 Å². The van der Waals surface area contributed by atoms with Crippen LogP contribution in [-0.2, 0) is 22.6 Å². The number of likely N-dealkylation sites (tertiary alicyclic amines) is 1. The molecule has 1 amide bonds. The second kappa shape index (κ2) is 6.01. The van der Waals surface area contributed by atoms with E-state index in [4.69, 9.17) is 4.74 Å². The first-order valence-corrected chi connectivity index (χ1v) is 8.78. The first-order valence-electron chi connectivity index (χ1n) is 7.90. The number of ether oxygens (including phenoxy) is 1. The van der Waals surface area contributed by atoms with Crippen molar-refractivity contribution in [1.82, 2.24) is 24.9 Å². The number of thiazole rings is 1. The molecule has 2 aliphatic heterocycles. The molecule has 1 fully saturated rings. The van der Waals surface area contributed by atoms with Gasteiger partial charge in [0, 0.05) is 24.4 Å². The van der Waals surface area contributed by atoms with Gasteiger partial charge in [0.15, 0.2) is 0 Å². The lowest BCUT2D eigenvalue weighted by atomic mass is 10.00. The Hall–Kier alpha value is -1.80. The van der Waals surface area contributed by atoms with E-state index in [0.717, 1.165) is 30.8 Å². The average molecular weight is 333 g/mol. The Morgan fingerprint density at radius 2 is 2.43 bits per heavy atom. The van der Waals surface area contributed by atoms with Crippen LogP contribution in [0.1, 0.15) is 35.1 Å². The Labute approximate surface area is 138 Å². The van der Waals surface area contributed by atoms with Crippen molar-refractivity contribution in [3.05, 3.63) is 28.0 Å². The highest BCUT2D eigenvalue weighted by Gasteiger charge is 2.37. The molecule has 2 unspecified atom stereocenters. The van der Waals surface area contributed by atoms with Crippen LogP contribution in [0.25, 0.3) is 0 Å². The number of fused-ring (bicyclic) bond motifs is 3. The number of carbonyl (C=O) groups excluding carboxylic acids is 1. The summed E-state index contributed by atoms with van der Waals surface area (Å²) in [6.45, 7) is 3.97. The molecule has 0 aliphatic carbocycles. The summed E-state index contributed by atoms with van der Waals surface area (Å²) in [5.41, 5.74) is 3.86. The molecule has 1 saturated heterocycles. The molecule has 0 bridgehead atoms. The van der Waals surface area contributed by atoms with Crippen molar-refractivity contribution in [3.8, 4) is 0 Å². The minimum absolute atomic E-state index is 0.0871. The number of hydrogen-bond donors (Lipinski definition) is 0. The lowest BCUT2D eigenvalue weighted by Gasteiger charge is -2.41. The number of nitrogens with zero attached hydrogens (tertiary/aromatic N) is 5. The van der Waals surface area contributed by atoms with Crippen molar-refractivity contribution in [3.63, 3.8) is 0 Å². The van der Waals surface area contributed by atoms with Crippen LogP contribution in [0.4, 0.5) is 0 Å². The van der Waals surface area contributed by atoms with Gasteiger partial charge in [0.1, 0.15) is 0 Å². The highest BCUT2D eigenvalue weighted by atomic mass is 32.1. The Kier molecular flexibility index (Phi) is 3.86. The topological polar surface area (TPSA) is 73.1 Å². The number of rotatable bonds is 3.